The molecule has 0 saturated heterocycles. The Kier molecular flexibility index (Phi) is 4.19. The Labute approximate surface area is 93.1 Å². The maximum atomic E-state index is 11.6. The maximum absolute atomic E-state index is 11.6. The van der Waals surface area contributed by atoms with Crippen molar-refractivity contribution in [2.24, 2.45) is 0 Å². The van der Waals surface area contributed by atoms with Crippen molar-refractivity contribution in [2.75, 3.05) is 13.6 Å². The second kappa shape index (κ2) is 5.41. The summed E-state index contributed by atoms with van der Waals surface area (Å²) in [5, 5.41) is 9.12. The minimum Gasteiger partial charge on any atom is -0.392 e. The fourth-order valence-electron chi connectivity index (χ4n) is 1.27. The van der Waals surface area contributed by atoms with Crippen LogP contribution in [-0.4, -0.2) is 45.2 Å². The monoisotopic (exact) mass is 225 g/mol. The Morgan fingerprint density at radius 3 is 2.94 bits per heavy atom. The molecule has 0 bridgehead atoms. The summed E-state index contributed by atoms with van der Waals surface area (Å²) in [6, 6.07) is 1.59. The average molecular weight is 225 g/mol. The van der Waals surface area contributed by atoms with Gasteiger partial charge in [-0.2, -0.15) is 0 Å². The lowest BCUT2D eigenvalue weighted by molar-refractivity contribution is -0.131. The third-order valence-corrected chi connectivity index (χ3v) is 2.05. The van der Waals surface area contributed by atoms with Crippen molar-refractivity contribution in [3.05, 3.63) is 28.9 Å². The smallest absolute Gasteiger partial charge is 0.347 e. The van der Waals surface area contributed by atoms with E-state index in [1.807, 2.05) is 0 Å². The van der Waals surface area contributed by atoms with E-state index in [0.29, 0.717) is 0 Å². The highest BCUT2D eigenvalue weighted by Gasteiger charge is 2.11. The van der Waals surface area contributed by atoms with Crippen LogP contribution in [-0.2, 0) is 11.3 Å². The average Bonchev–Trinajstić information content (AvgIpc) is 2.20. The van der Waals surface area contributed by atoms with E-state index in [1.54, 1.807) is 20.0 Å². The predicted octanol–water partition coefficient (Wildman–Crippen LogP) is -0.917. The zero-order chi connectivity index (χ0) is 12.1. The lowest BCUT2D eigenvalue weighted by Crippen LogP contribution is -2.37. The van der Waals surface area contributed by atoms with Gasteiger partial charge in [0.1, 0.15) is 6.54 Å². The standard InChI is InChI=1S/C10H15N3O3/c1-8(14)6-12(2)9(15)7-13-5-3-4-11-10(13)16/h3-5,8,14H,6-7H2,1-2H3. The minimum absolute atomic E-state index is 0.0596. The summed E-state index contributed by atoms with van der Waals surface area (Å²) in [4.78, 5) is 27.8. The van der Waals surface area contributed by atoms with Gasteiger partial charge in [0.15, 0.2) is 0 Å². The molecule has 0 radical (unpaired) electrons. The molecule has 1 amide bonds. The SMILES string of the molecule is CC(O)CN(C)C(=O)Cn1cccnc1=O. The molecule has 6 heteroatoms. The van der Waals surface area contributed by atoms with Crippen LogP contribution in [0.1, 0.15) is 6.92 Å². The predicted molar refractivity (Wildman–Crippen MR) is 57.8 cm³/mol. The van der Waals surface area contributed by atoms with Crippen LogP contribution >= 0.6 is 0 Å². The summed E-state index contributed by atoms with van der Waals surface area (Å²) >= 11 is 0. The first-order valence-corrected chi connectivity index (χ1v) is 4.94. The van der Waals surface area contributed by atoms with Gasteiger partial charge in [-0.1, -0.05) is 0 Å². The van der Waals surface area contributed by atoms with Crippen LogP contribution in [0.2, 0.25) is 0 Å². The van der Waals surface area contributed by atoms with E-state index in [2.05, 4.69) is 4.98 Å². The van der Waals surface area contributed by atoms with Gasteiger partial charge in [-0.05, 0) is 13.0 Å². The fourth-order valence-corrected chi connectivity index (χ4v) is 1.27. The van der Waals surface area contributed by atoms with E-state index < -0.39 is 11.8 Å². The van der Waals surface area contributed by atoms with Gasteiger partial charge in [-0.15, -0.1) is 0 Å². The molecule has 0 saturated carbocycles. The summed E-state index contributed by atoms with van der Waals surface area (Å²) in [5.74, 6) is -0.240. The molecule has 1 unspecified atom stereocenters. The molecule has 16 heavy (non-hydrogen) atoms. The number of aliphatic hydroxyl groups is 1. The van der Waals surface area contributed by atoms with Crippen molar-refractivity contribution in [2.45, 2.75) is 19.6 Å². The van der Waals surface area contributed by atoms with Gasteiger partial charge in [-0.3, -0.25) is 9.36 Å². The largest absolute Gasteiger partial charge is 0.392 e. The Balaban J connectivity index is 2.65. The zero-order valence-electron chi connectivity index (χ0n) is 9.33. The summed E-state index contributed by atoms with van der Waals surface area (Å²) < 4.78 is 1.22. The highest BCUT2D eigenvalue weighted by molar-refractivity contribution is 5.75. The fraction of sp³-hybridized carbons (Fsp3) is 0.500. The molecule has 0 spiro atoms. The number of hydrogen-bond donors (Lipinski definition) is 1. The lowest BCUT2D eigenvalue weighted by Gasteiger charge is -2.18. The second-order valence-corrected chi connectivity index (χ2v) is 3.65. The van der Waals surface area contributed by atoms with Crippen LogP contribution in [0.4, 0.5) is 0 Å². The number of aromatic nitrogens is 2. The molecule has 1 N–H and O–H groups in total. The van der Waals surface area contributed by atoms with Crippen molar-refractivity contribution >= 4 is 5.91 Å². The Hall–Kier alpha value is -1.69. The topological polar surface area (TPSA) is 75.4 Å². The lowest BCUT2D eigenvalue weighted by atomic mass is 10.3. The van der Waals surface area contributed by atoms with Gasteiger partial charge < -0.3 is 10.0 Å². The van der Waals surface area contributed by atoms with Crippen LogP contribution in [0, 0.1) is 0 Å². The molecule has 6 nitrogen and oxygen atoms in total. The van der Waals surface area contributed by atoms with Crippen molar-refractivity contribution in [3.63, 3.8) is 0 Å². The van der Waals surface area contributed by atoms with E-state index in [1.165, 1.54) is 21.9 Å². The van der Waals surface area contributed by atoms with Gasteiger partial charge in [0.05, 0.1) is 6.10 Å². The van der Waals surface area contributed by atoms with Crippen molar-refractivity contribution < 1.29 is 9.90 Å². The molecule has 0 aliphatic carbocycles. The van der Waals surface area contributed by atoms with E-state index >= 15 is 0 Å². The van der Waals surface area contributed by atoms with Crippen LogP contribution in [0.25, 0.3) is 0 Å². The number of hydrogen-bond acceptors (Lipinski definition) is 4. The second-order valence-electron chi connectivity index (χ2n) is 3.65. The number of rotatable bonds is 4. The molecule has 1 aromatic rings. The molecule has 0 aliphatic rings. The first-order chi connectivity index (χ1) is 7.50. The molecule has 0 fully saturated rings. The summed E-state index contributed by atoms with van der Waals surface area (Å²) in [5.41, 5.74) is -0.457. The van der Waals surface area contributed by atoms with E-state index in [9.17, 15) is 9.59 Å². The molecule has 1 atom stereocenters. The van der Waals surface area contributed by atoms with Crippen LogP contribution in [0.5, 0.6) is 0 Å². The number of carbonyl (C=O) groups is 1. The third-order valence-electron chi connectivity index (χ3n) is 2.05. The normalized spacial score (nSPS) is 12.2. The van der Waals surface area contributed by atoms with Crippen molar-refractivity contribution in [1.29, 1.82) is 0 Å². The number of likely N-dealkylation sites (N-methyl/N-ethyl adjacent to an activating group) is 1. The Morgan fingerprint density at radius 1 is 1.69 bits per heavy atom. The highest BCUT2D eigenvalue weighted by atomic mass is 16.3. The van der Waals surface area contributed by atoms with Crippen LogP contribution in [0.15, 0.2) is 23.3 Å². The number of aliphatic hydroxyl groups excluding tert-OH is 1. The van der Waals surface area contributed by atoms with E-state index in [-0.39, 0.29) is 19.0 Å². The molecular formula is C10H15N3O3. The number of nitrogens with zero attached hydrogens (tertiary/aromatic N) is 3. The molecule has 0 aromatic carbocycles. The number of amides is 1. The van der Waals surface area contributed by atoms with Gasteiger partial charge in [-0.25, -0.2) is 9.78 Å². The molecule has 1 heterocycles. The first kappa shape index (κ1) is 12.4. The van der Waals surface area contributed by atoms with Gasteiger partial charge in [0.2, 0.25) is 5.91 Å². The van der Waals surface area contributed by atoms with E-state index in [4.69, 9.17) is 5.11 Å². The third kappa shape index (κ3) is 3.47. The summed E-state index contributed by atoms with van der Waals surface area (Å²) in [7, 11) is 1.58. The maximum Gasteiger partial charge on any atom is 0.347 e. The molecular weight excluding hydrogens is 210 g/mol. The van der Waals surface area contributed by atoms with E-state index in [0.717, 1.165) is 0 Å². The molecule has 88 valence electrons. The summed E-state index contributed by atoms with van der Waals surface area (Å²) in [6.07, 6.45) is 2.30. The Bertz CT molecular complexity index is 414. The Morgan fingerprint density at radius 2 is 2.38 bits per heavy atom. The number of carbonyl (C=O) groups excluding carboxylic acids is 1. The molecule has 1 aromatic heterocycles. The highest BCUT2D eigenvalue weighted by Crippen LogP contribution is 1.91. The first-order valence-electron chi connectivity index (χ1n) is 4.94. The van der Waals surface area contributed by atoms with Gasteiger partial charge in [0, 0.05) is 26.0 Å². The summed E-state index contributed by atoms with van der Waals surface area (Å²) in [6.45, 7) is 1.78. The molecule has 1 rings (SSSR count). The van der Waals surface area contributed by atoms with Crippen molar-refractivity contribution in [3.8, 4) is 0 Å². The van der Waals surface area contributed by atoms with Crippen LogP contribution < -0.4 is 5.69 Å². The minimum atomic E-state index is -0.584. The van der Waals surface area contributed by atoms with Gasteiger partial charge >= 0.3 is 5.69 Å². The zero-order valence-corrected chi connectivity index (χ0v) is 9.33. The van der Waals surface area contributed by atoms with Crippen molar-refractivity contribution in [1.82, 2.24) is 14.5 Å². The molecule has 0 aliphatic heterocycles. The quantitative estimate of drug-likeness (QED) is 0.719. The van der Waals surface area contributed by atoms with Gasteiger partial charge in [0.25, 0.3) is 0 Å². The van der Waals surface area contributed by atoms with Crippen LogP contribution in [0.3, 0.4) is 0 Å².